The van der Waals surface area contributed by atoms with Crippen LogP contribution >= 0.6 is 0 Å². The van der Waals surface area contributed by atoms with Gasteiger partial charge in [0.1, 0.15) is 11.5 Å². The van der Waals surface area contributed by atoms with Crippen LogP contribution in [0.1, 0.15) is 71.4 Å². The third kappa shape index (κ3) is 5.94. The molecule has 2 aromatic carbocycles. The molecule has 1 unspecified atom stereocenters. The number of nitrogens with zero attached hydrogens (tertiary/aromatic N) is 2. The van der Waals surface area contributed by atoms with Crippen LogP contribution < -0.4 is 14.8 Å². The van der Waals surface area contributed by atoms with Gasteiger partial charge < -0.3 is 24.1 Å². The summed E-state index contributed by atoms with van der Waals surface area (Å²) in [6.45, 7) is 8.75. The molecule has 7 nitrogen and oxygen atoms in total. The van der Waals surface area contributed by atoms with Crippen LogP contribution in [0.25, 0.3) is 11.0 Å². The van der Waals surface area contributed by atoms with Gasteiger partial charge in [0.2, 0.25) is 5.95 Å². The van der Waals surface area contributed by atoms with Crippen LogP contribution in [0.15, 0.2) is 36.4 Å². The second kappa shape index (κ2) is 10.8. The van der Waals surface area contributed by atoms with Gasteiger partial charge in [-0.15, -0.1) is 0 Å². The molecule has 1 aliphatic carbocycles. The zero-order valence-electron chi connectivity index (χ0n) is 22.4. The molecule has 36 heavy (non-hydrogen) atoms. The highest BCUT2D eigenvalue weighted by Crippen LogP contribution is 2.44. The number of fused-ring (bicyclic) bond motifs is 1. The van der Waals surface area contributed by atoms with Crippen LogP contribution in [-0.4, -0.2) is 35.8 Å². The zero-order valence-corrected chi connectivity index (χ0v) is 22.4. The van der Waals surface area contributed by atoms with E-state index >= 15 is 0 Å². The summed E-state index contributed by atoms with van der Waals surface area (Å²) in [7, 11) is 3.09. The maximum absolute atomic E-state index is 11.8. The van der Waals surface area contributed by atoms with E-state index in [1.54, 1.807) is 7.11 Å². The van der Waals surface area contributed by atoms with E-state index in [2.05, 4.69) is 29.8 Å². The molecule has 1 atom stereocenters. The third-order valence-corrected chi connectivity index (χ3v) is 6.94. The van der Waals surface area contributed by atoms with Crippen molar-refractivity contribution in [1.29, 1.82) is 0 Å². The summed E-state index contributed by atoms with van der Waals surface area (Å²) in [5, 5.41) is 3.56. The highest BCUT2D eigenvalue weighted by Gasteiger charge is 2.31. The summed E-state index contributed by atoms with van der Waals surface area (Å²) in [6.07, 6.45) is 5.58. The van der Waals surface area contributed by atoms with Gasteiger partial charge in [0.05, 0.1) is 31.4 Å². The van der Waals surface area contributed by atoms with Crippen LogP contribution in [0, 0.1) is 5.41 Å². The van der Waals surface area contributed by atoms with Crippen LogP contribution in [0.3, 0.4) is 0 Å². The van der Waals surface area contributed by atoms with Gasteiger partial charge in [-0.3, -0.25) is 4.79 Å². The van der Waals surface area contributed by atoms with Crippen molar-refractivity contribution in [3.8, 4) is 11.5 Å². The van der Waals surface area contributed by atoms with E-state index in [9.17, 15) is 4.79 Å². The Kier molecular flexibility index (Phi) is 7.76. The van der Waals surface area contributed by atoms with Crippen molar-refractivity contribution in [3.63, 3.8) is 0 Å². The number of aromatic nitrogens is 2. The van der Waals surface area contributed by atoms with Crippen molar-refractivity contribution in [2.24, 2.45) is 5.41 Å². The smallest absolute Gasteiger partial charge is 0.305 e. The first-order valence-corrected chi connectivity index (χ1v) is 12.9. The minimum Gasteiger partial charge on any atom is -0.496 e. The Morgan fingerprint density at radius 2 is 1.94 bits per heavy atom. The van der Waals surface area contributed by atoms with Crippen molar-refractivity contribution in [3.05, 3.63) is 42.0 Å². The fourth-order valence-electron chi connectivity index (χ4n) is 5.24. The largest absolute Gasteiger partial charge is 0.496 e. The van der Waals surface area contributed by atoms with E-state index in [0.717, 1.165) is 52.6 Å². The molecule has 0 amide bonds. The third-order valence-electron chi connectivity index (χ3n) is 6.94. The van der Waals surface area contributed by atoms with Gasteiger partial charge in [-0.05, 0) is 80.8 Å². The monoisotopic (exact) mass is 493 g/mol. The van der Waals surface area contributed by atoms with Crippen molar-refractivity contribution < 1.29 is 19.0 Å². The van der Waals surface area contributed by atoms with E-state index < -0.39 is 0 Å². The molecule has 1 aliphatic rings. The highest BCUT2D eigenvalue weighted by atomic mass is 16.5. The molecule has 1 fully saturated rings. The predicted octanol–water partition coefficient (Wildman–Crippen LogP) is 6.82. The van der Waals surface area contributed by atoms with Crippen LogP contribution in [0.5, 0.6) is 11.5 Å². The highest BCUT2D eigenvalue weighted by molar-refractivity contribution is 5.83. The summed E-state index contributed by atoms with van der Waals surface area (Å²) in [5.41, 5.74) is 4.11. The SMILES string of the molecule is COC(=O)CCc1cc2nc(Nc3ccc(OC(C)C)cc3)n(C3CCCC(C)(C)C3)c2cc1OC. The van der Waals surface area contributed by atoms with E-state index in [0.29, 0.717) is 18.9 Å². The van der Waals surface area contributed by atoms with Gasteiger partial charge >= 0.3 is 5.97 Å². The van der Waals surface area contributed by atoms with Gasteiger partial charge in [-0.2, -0.15) is 0 Å². The Morgan fingerprint density at radius 1 is 1.19 bits per heavy atom. The standard InChI is InChI=1S/C29H39N3O4/c1-19(2)36-23-12-10-21(11-13-23)30-28-31-24-16-20(9-14-27(33)35-6)26(34-5)17-25(24)32(28)22-8-7-15-29(3,4)18-22/h10-13,16-17,19,22H,7-9,14-15,18H2,1-6H3,(H,30,31). The Balaban J connectivity index is 1.74. The number of carbonyl (C=O) groups is 1. The topological polar surface area (TPSA) is 74.6 Å². The van der Waals surface area contributed by atoms with Gasteiger partial charge in [-0.1, -0.05) is 20.3 Å². The predicted molar refractivity (Wildman–Crippen MR) is 143 cm³/mol. The second-order valence-corrected chi connectivity index (χ2v) is 10.8. The number of hydrogen-bond acceptors (Lipinski definition) is 6. The van der Waals surface area contributed by atoms with Gasteiger partial charge in [0.25, 0.3) is 0 Å². The number of benzene rings is 2. The van der Waals surface area contributed by atoms with E-state index in [4.69, 9.17) is 19.2 Å². The molecule has 0 bridgehead atoms. The Bertz CT molecular complexity index is 1200. The number of esters is 1. The Morgan fingerprint density at radius 3 is 2.58 bits per heavy atom. The van der Waals surface area contributed by atoms with Crippen LogP contribution in [0.2, 0.25) is 0 Å². The average molecular weight is 494 g/mol. The van der Waals surface area contributed by atoms with Crippen LogP contribution in [0.4, 0.5) is 11.6 Å². The minimum absolute atomic E-state index is 0.131. The average Bonchev–Trinajstić information content (AvgIpc) is 3.18. The molecule has 0 radical (unpaired) electrons. The van der Waals surface area contributed by atoms with Gasteiger partial charge in [0, 0.05) is 24.2 Å². The molecule has 7 heteroatoms. The second-order valence-electron chi connectivity index (χ2n) is 10.8. The molecule has 194 valence electrons. The minimum atomic E-state index is -0.237. The number of imidazole rings is 1. The number of rotatable bonds is 9. The van der Waals surface area contributed by atoms with Gasteiger partial charge in [-0.25, -0.2) is 4.98 Å². The van der Waals surface area contributed by atoms with Crippen molar-refractivity contribution in [1.82, 2.24) is 9.55 Å². The Hall–Kier alpha value is -3.22. The summed E-state index contributed by atoms with van der Waals surface area (Å²) in [5.74, 6) is 2.19. The lowest BCUT2D eigenvalue weighted by Crippen LogP contribution is -2.25. The molecule has 0 saturated heterocycles. The quantitative estimate of drug-likeness (QED) is 0.330. The van der Waals surface area contributed by atoms with Crippen molar-refractivity contribution >= 4 is 28.6 Å². The normalized spacial score (nSPS) is 17.2. The molecule has 1 aromatic heterocycles. The molecule has 1 N–H and O–H groups in total. The lowest BCUT2D eigenvalue weighted by molar-refractivity contribution is -0.140. The molecule has 0 aliphatic heterocycles. The summed E-state index contributed by atoms with van der Waals surface area (Å²) >= 11 is 0. The molecule has 1 heterocycles. The molecular formula is C29H39N3O4. The molecule has 0 spiro atoms. The number of anilines is 2. The van der Waals surface area contributed by atoms with Gasteiger partial charge in [0.15, 0.2) is 0 Å². The van der Waals surface area contributed by atoms with Crippen molar-refractivity contribution in [2.75, 3.05) is 19.5 Å². The number of methoxy groups -OCH3 is 2. The zero-order chi connectivity index (χ0) is 25.9. The first-order chi connectivity index (χ1) is 17.2. The summed E-state index contributed by atoms with van der Waals surface area (Å²) < 4.78 is 18.7. The summed E-state index contributed by atoms with van der Waals surface area (Å²) in [6, 6.07) is 12.5. The molecular weight excluding hydrogens is 454 g/mol. The molecule has 3 aromatic rings. The number of nitrogens with one attached hydrogen (secondary N) is 1. The van der Waals surface area contributed by atoms with Crippen LogP contribution in [-0.2, 0) is 16.0 Å². The van der Waals surface area contributed by atoms with E-state index in [1.807, 2.05) is 44.2 Å². The lowest BCUT2D eigenvalue weighted by atomic mass is 9.75. The molecule has 4 rings (SSSR count). The first-order valence-electron chi connectivity index (χ1n) is 12.9. The van der Waals surface area contributed by atoms with Crippen molar-refractivity contribution in [2.45, 2.75) is 78.4 Å². The van der Waals surface area contributed by atoms with E-state index in [-0.39, 0.29) is 17.5 Å². The number of hydrogen-bond donors (Lipinski definition) is 1. The number of ether oxygens (including phenoxy) is 3. The maximum atomic E-state index is 11.8. The first kappa shape index (κ1) is 25.9. The fourth-order valence-corrected chi connectivity index (χ4v) is 5.24. The number of carbonyl (C=O) groups excluding carboxylic acids is 1. The fraction of sp³-hybridized carbons (Fsp3) is 0.517. The number of aryl methyl sites for hydroxylation is 1. The Labute approximate surface area is 214 Å². The summed E-state index contributed by atoms with van der Waals surface area (Å²) in [4.78, 5) is 16.8. The van der Waals surface area contributed by atoms with E-state index in [1.165, 1.54) is 20.0 Å². The maximum Gasteiger partial charge on any atom is 0.305 e. The molecule has 1 saturated carbocycles. The lowest BCUT2D eigenvalue weighted by Gasteiger charge is -2.36.